The molecule has 2 aromatic heterocycles. The molecule has 0 aliphatic carbocycles. The maximum Gasteiger partial charge on any atom is 0.294 e. The molecule has 0 radical (unpaired) electrons. The summed E-state index contributed by atoms with van der Waals surface area (Å²) in [5.41, 5.74) is 0.328. The van der Waals surface area contributed by atoms with Crippen molar-refractivity contribution in [3.05, 3.63) is 122 Å². The van der Waals surface area contributed by atoms with Gasteiger partial charge in [0, 0.05) is 23.9 Å². The van der Waals surface area contributed by atoms with Crippen molar-refractivity contribution in [2.45, 2.75) is 13.5 Å². The average molecular weight is 480 g/mol. The molecule has 10 nitrogen and oxygen atoms in total. The number of aryl methyl sites for hydroxylation is 1. The highest BCUT2D eigenvalue weighted by atomic mass is 16.6. The molecule has 5 rings (SSSR count). The Morgan fingerprint density at radius 3 is 2.61 bits per heavy atom. The minimum atomic E-state index is -0.744. The second-order valence-corrected chi connectivity index (χ2v) is 8.12. The average Bonchev–Trinajstić information content (AvgIpc) is 3.30. The van der Waals surface area contributed by atoms with E-state index in [1.807, 2.05) is 42.5 Å². The van der Waals surface area contributed by atoms with Crippen molar-refractivity contribution in [2.75, 3.05) is 5.32 Å². The quantitative estimate of drug-likeness (QED) is 0.288. The number of nitro benzene ring substituents is 1. The number of carbonyl (C=O) groups excluding carboxylic acids is 1. The molecule has 0 atom stereocenters. The third-order valence-electron chi connectivity index (χ3n) is 5.79. The number of carbonyl (C=O) groups is 1. The fourth-order valence-electron chi connectivity index (χ4n) is 4.08. The largest absolute Gasteiger partial charge is 0.305 e. The van der Waals surface area contributed by atoms with Crippen molar-refractivity contribution >= 4 is 28.2 Å². The maximum absolute atomic E-state index is 13.1. The summed E-state index contributed by atoms with van der Waals surface area (Å²) < 4.78 is 2.84. The molecule has 178 valence electrons. The van der Waals surface area contributed by atoms with Gasteiger partial charge in [0.1, 0.15) is 11.5 Å². The minimum absolute atomic E-state index is 0.148. The van der Waals surface area contributed by atoms with E-state index in [4.69, 9.17) is 0 Å². The van der Waals surface area contributed by atoms with Gasteiger partial charge in [0.2, 0.25) is 5.43 Å². The number of aromatic nitrogens is 4. The number of nitro groups is 1. The molecule has 1 N–H and O–H groups in total. The van der Waals surface area contributed by atoms with Gasteiger partial charge in [-0.2, -0.15) is 10.2 Å². The van der Waals surface area contributed by atoms with Crippen molar-refractivity contribution in [2.24, 2.45) is 0 Å². The first-order valence-corrected chi connectivity index (χ1v) is 11.1. The molecule has 1 amide bonds. The van der Waals surface area contributed by atoms with Gasteiger partial charge in [0.15, 0.2) is 5.69 Å². The highest BCUT2D eigenvalue weighted by molar-refractivity contribution is 6.02. The van der Waals surface area contributed by atoms with Gasteiger partial charge in [-0.1, -0.05) is 54.6 Å². The molecule has 10 heteroatoms. The Labute approximate surface area is 204 Å². The van der Waals surface area contributed by atoms with Crippen LogP contribution >= 0.6 is 0 Å². The van der Waals surface area contributed by atoms with E-state index in [1.165, 1.54) is 28.9 Å². The molecule has 0 spiro atoms. The van der Waals surface area contributed by atoms with Crippen LogP contribution in [-0.2, 0) is 6.54 Å². The highest BCUT2D eigenvalue weighted by Gasteiger charge is 2.21. The molecule has 0 saturated heterocycles. The fraction of sp³-hybridized carbons (Fsp3) is 0.0769. The molecule has 0 aliphatic heterocycles. The van der Waals surface area contributed by atoms with Crippen LogP contribution in [0, 0.1) is 17.0 Å². The summed E-state index contributed by atoms with van der Waals surface area (Å²) in [5.74, 6) is -0.362. The number of anilines is 1. The maximum atomic E-state index is 13.1. The van der Waals surface area contributed by atoms with Gasteiger partial charge < -0.3 is 5.32 Å². The van der Waals surface area contributed by atoms with Crippen LogP contribution in [0.4, 0.5) is 11.5 Å². The molecule has 0 fully saturated rings. The standard InChI is InChI=1S/C26H20N6O4/c1-17-15-23(33)25(29-31(17)21-11-4-5-12-22(21)32(35)36)26(34)28-24-13-14-27-30(24)16-19-9-6-8-18-7-2-3-10-20(18)19/h2-15H,16H2,1H3,(H,28,34). The summed E-state index contributed by atoms with van der Waals surface area (Å²) in [4.78, 5) is 36.7. The molecule has 5 aromatic rings. The molecule has 0 aliphatic rings. The third-order valence-corrected chi connectivity index (χ3v) is 5.79. The zero-order chi connectivity index (χ0) is 25.2. The van der Waals surface area contributed by atoms with E-state index in [2.05, 4.69) is 15.5 Å². The number of amides is 1. The number of nitrogens with one attached hydrogen (secondary N) is 1. The van der Waals surface area contributed by atoms with Crippen LogP contribution in [0.25, 0.3) is 16.5 Å². The van der Waals surface area contributed by atoms with Gasteiger partial charge in [-0.25, -0.2) is 9.36 Å². The molecule has 0 bridgehead atoms. The number of fused-ring (bicyclic) bond motifs is 1. The van der Waals surface area contributed by atoms with Crippen LogP contribution in [0.2, 0.25) is 0 Å². The first-order chi connectivity index (χ1) is 17.4. The molecule has 3 aromatic carbocycles. The molecule has 0 saturated carbocycles. The normalized spacial score (nSPS) is 10.9. The van der Waals surface area contributed by atoms with Crippen molar-refractivity contribution in [1.82, 2.24) is 19.6 Å². The van der Waals surface area contributed by atoms with Gasteiger partial charge in [0.05, 0.1) is 17.7 Å². The van der Waals surface area contributed by atoms with Crippen LogP contribution < -0.4 is 10.7 Å². The Morgan fingerprint density at radius 1 is 1.03 bits per heavy atom. The first-order valence-electron chi connectivity index (χ1n) is 11.1. The van der Waals surface area contributed by atoms with Gasteiger partial charge in [-0.05, 0) is 29.3 Å². The monoisotopic (exact) mass is 480 g/mol. The van der Waals surface area contributed by atoms with Crippen LogP contribution in [0.15, 0.2) is 89.9 Å². The van der Waals surface area contributed by atoms with Gasteiger partial charge in [-0.15, -0.1) is 0 Å². The zero-order valence-corrected chi connectivity index (χ0v) is 19.2. The van der Waals surface area contributed by atoms with Crippen LogP contribution in [0.1, 0.15) is 21.7 Å². The Balaban J connectivity index is 1.47. The Hall–Kier alpha value is -5.12. The van der Waals surface area contributed by atoms with E-state index in [-0.39, 0.29) is 11.4 Å². The SMILES string of the molecule is Cc1cc(=O)c(C(=O)Nc2ccnn2Cc2cccc3ccccc23)nn1-c1ccccc1[N+](=O)[O-]. The van der Waals surface area contributed by atoms with Crippen molar-refractivity contribution in [3.8, 4) is 5.69 Å². The van der Waals surface area contributed by atoms with E-state index in [0.29, 0.717) is 18.1 Å². The summed E-state index contributed by atoms with van der Waals surface area (Å²) >= 11 is 0. The molecule has 2 heterocycles. The molecule has 0 unspecified atom stereocenters. The number of hydrogen-bond donors (Lipinski definition) is 1. The van der Waals surface area contributed by atoms with Gasteiger partial charge in [-0.3, -0.25) is 19.7 Å². The van der Waals surface area contributed by atoms with E-state index in [0.717, 1.165) is 16.3 Å². The molecule has 36 heavy (non-hydrogen) atoms. The summed E-state index contributed by atoms with van der Waals surface area (Å²) in [5, 5.41) is 24.8. The van der Waals surface area contributed by atoms with Crippen LogP contribution in [0.5, 0.6) is 0 Å². The number of nitrogens with zero attached hydrogens (tertiary/aromatic N) is 5. The Morgan fingerprint density at radius 2 is 1.78 bits per heavy atom. The smallest absolute Gasteiger partial charge is 0.294 e. The minimum Gasteiger partial charge on any atom is -0.305 e. The Bertz CT molecular complexity index is 1680. The lowest BCUT2D eigenvalue weighted by Crippen LogP contribution is -2.28. The first kappa shape index (κ1) is 22.7. The number of rotatable bonds is 6. The second kappa shape index (κ2) is 9.26. The lowest BCUT2D eigenvalue weighted by Gasteiger charge is -2.13. The summed E-state index contributed by atoms with van der Waals surface area (Å²) in [7, 11) is 0. The van der Waals surface area contributed by atoms with E-state index in [1.54, 1.807) is 29.9 Å². The summed E-state index contributed by atoms with van der Waals surface area (Å²) in [6.45, 7) is 1.98. The van der Waals surface area contributed by atoms with E-state index < -0.39 is 22.0 Å². The number of para-hydroxylation sites is 2. The van der Waals surface area contributed by atoms with Gasteiger partial charge in [0.25, 0.3) is 11.6 Å². The van der Waals surface area contributed by atoms with Crippen molar-refractivity contribution in [3.63, 3.8) is 0 Å². The van der Waals surface area contributed by atoms with Crippen LogP contribution in [-0.4, -0.2) is 30.4 Å². The highest BCUT2D eigenvalue weighted by Crippen LogP contribution is 2.23. The van der Waals surface area contributed by atoms with Crippen LogP contribution in [0.3, 0.4) is 0 Å². The Kier molecular flexibility index (Phi) is 5.83. The topological polar surface area (TPSA) is 125 Å². The van der Waals surface area contributed by atoms with Crippen molar-refractivity contribution in [1.29, 1.82) is 0 Å². The fourth-order valence-corrected chi connectivity index (χ4v) is 4.08. The van der Waals surface area contributed by atoms with Crippen molar-refractivity contribution < 1.29 is 9.72 Å². The number of hydrogen-bond acceptors (Lipinski definition) is 6. The summed E-state index contributed by atoms with van der Waals surface area (Å²) in [6.07, 6.45) is 1.55. The summed E-state index contributed by atoms with van der Waals surface area (Å²) in [6, 6.07) is 22.8. The second-order valence-electron chi connectivity index (χ2n) is 8.12. The predicted octanol–water partition coefficient (Wildman–Crippen LogP) is 4.10. The lowest BCUT2D eigenvalue weighted by molar-refractivity contribution is -0.384. The lowest BCUT2D eigenvalue weighted by atomic mass is 10.0. The molecular weight excluding hydrogens is 460 g/mol. The van der Waals surface area contributed by atoms with Gasteiger partial charge >= 0.3 is 0 Å². The van der Waals surface area contributed by atoms with E-state index in [9.17, 15) is 19.7 Å². The number of benzene rings is 3. The zero-order valence-electron chi connectivity index (χ0n) is 19.2. The predicted molar refractivity (Wildman–Crippen MR) is 134 cm³/mol. The van der Waals surface area contributed by atoms with E-state index >= 15 is 0 Å². The third kappa shape index (κ3) is 4.23. The molecular formula is C26H20N6O4.